The number of anilines is 2. The Morgan fingerprint density at radius 2 is 1.05 bits per heavy atom. The lowest BCUT2D eigenvalue weighted by Gasteiger charge is -2.18. The number of carbonyl (C=O) groups excluding carboxylic acids is 4. The smallest absolute Gasteiger partial charge is 0.292 e. The molecule has 5 rings (SSSR count). The number of ether oxygens (including phenoxy) is 2. The van der Waals surface area contributed by atoms with Crippen LogP contribution in [0, 0.1) is 0 Å². The molecule has 0 unspecified atom stereocenters. The van der Waals surface area contributed by atoms with Crippen LogP contribution in [0.25, 0.3) is 0 Å². The number of carbonyl (C=O) groups is 4. The maximum absolute atomic E-state index is 13.1. The molecule has 2 heterocycles. The molecule has 42 heavy (non-hydrogen) atoms. The molecule has 0 bridgehead atoms. The molecule has 2 aliphatic rings. The summed E-state index contributed by atoms with van der Waals surface area (Å²) in [6.45, 7) is 1.31. The number of benzene rings is 3. The molecular formula is C32H36N4O6+2. The van der Waals surface area contributed by atoms with E-state index >= 15 is 0 Å². The van der Waals surface area contributed by atoms with Gasteiger partial charge in [0.05, 0.1) is 51.5 Å². The molecule has 2 fully saturated rings. The van der Waals surface area contributed by atoms with Gasteiger partial charge in [-0.3, -0.25) is 19.2 Å². The minimum Gasteiger partial charge on any atom is -0.497 e. The Kier molecular flexibility index (Phi) is 8.94. The molecule has 0 aromatic heterocycles. The first-order valence-corrected chi connectivity index (χ1v) is 14.1. The predicted molar refractivity (Wildman–Crippen MR) is 155 cm³/mol. The average Bonchev–Trinajstić information content (AvgIpc) is 3.45. The summed E-state index contributed by atoms with van der Waals surface area (Å²) in [6, 6.07) is 21.0. The predicted octanol–water partition coefficient (Wildman–Crippen LogP) is 0.580. The Bertz CT molecular complexity index is 1360. The van der Waals surface area contributed by atoms with E-state index in [4.69, 9.17) is 9.47 Å². The van der Waals surface area contributed by atoms with Crippen LogP contribution in [0.3, 0.4) is 0 Å². The van der Waals surface area contributed by atoms with Gasteiger partial charge in [0.1, 0.15) is 11.5 Å². The third-order valence-electron chi connectivity index (χ3n) is 7.77. The lowest BCUT2D eigenvalue weighted by Crippen LogP contribution is -2.92. The van der Waals surface area contributed by atoms with Crippen LogP contribution < -0.4 is 29.9 Å². The zero-order valence-corrected chi connectivity index (χ0v) is 23.8. The summed E-state index contributed by atoms with van der Waals surface area (Å²) in [6.07, 6.45) is 1.71. The van der Waals surface area contributed by atoms with Crippen molar-refractivity contribution in [3.63, 3.8) is 0 Å². The monoisotopic (exact) mass is 572 g/mol. The Labute approximate surface area is 244 Å². The molecular weight excluding hydrogens is 536 g/mol. The van der Waals surface area contributed by atoms with Crippen molar-refractivity contribution in [1.29, 1.82) is 0 Å². The molecule has 10 heteroatoms. The van der Waals surface area contributed by atoms with Crippen molar-refractivity contribution in [2.75, 3.05) is 37.1 Å². The van der Waals surface area contributed by atoms with Crippen molar-refractivity contribution in [2.45, 2.75) is 37.8 Å². The zero-order chi connectivity index (χ0) is 29.6. The Hall–Kier alpha value is -4.54. The quantitative estimate of drug-likeness (QED) is 0.306. The Morgan fingerprint density at radius 1 is 0.643 bits per heavy atom. The summed E-state index contributed by atoms with van der Waals surface area (Å²) < 4.78 is 10.5. The van der Waals surface area contributed by atoms with E-state index in [2.05, 4.69) is 0 Å². The number of hydrogen-bond donors (Lipinski definition) is 2. The van der Waals surface area contributed by atoms with E-state index in [1.807, 2.05) is 59.2 Å². The SMILES string of the molecule is COc1cccc(CC[NH2+][C@@H]2CC(=O)N(c3ccc(N4C(=O)C[C@@H]([NH2+]CCc5cccc(OC)c5)C4=O)cc3)C2=O)c1. The molecule has 3 aromatic rings. The Balaban J connectivity index is 1.15. The first kappa shape index (κ1) is 29.0. The fourth-order valence-corrected chi connectivity index (χ4v) is 5.53. The van der Waals surface area contributed by atoms with Crippen molar-refractivity contribution in [3.05, 3.63) is 83.9 Å². The van der Waals surface area contributed by atoms with Crippen molar-refractivity contribution in [3.8, 4) is 11.5 Å². The van der Waals surface area contributed by atoms with Gasteiger partial charge in [-0.15, -0.1) is 0 Å². The van der Waals surface area contributed by atoms with Gasteiger partial charge >= 0.3 is 0 Å². The molecule has 0 aliphatic carbocycles. The topological polar surface area (TPSA) is 126 Å². The lowest BCUT2D eigenvalue weighted by molar-refractivity contribution is -0.674. The highest BCUT2D eigenvalue weighted by Crippen LogP contribution is 2.27. The molecule has 4 N–H and O–H groups in total. The highest BCUT2D eigenvalue weighted by atomic mass is 16.5. The molecule has 0 saturated carbocycles. The number of nitrogens with zero attached hydrogens (tertiary/aromatic N) is 2. The highest BCUT2D eigenvalue weighted by Gasteiger charge is 2.44. The van der Waals surface area contributed by atoms with E-state index in [9.17, 15) is 19.2 Å². The van der Waals surface area contributed by atoms with Crippen LogP contribution in [0.2, 0.25) is 0 Å². The average molecular weight is 573 g/mol. The summed E-state index contributed by atoms with van der Waals surface area (Å²) in [5.74, 6) is 0.493. The fraction of sp³-hybridized carbons (Fsp3) is 0.312. The van der Waals surface area contributed by atoms with Gasteiger partial charge in [0.2, 0.25) is 11.8 Å². The maximum Gasteiger partial charge on any atom is 0.292 e. The number of hydrogen-bond acceptors (Lipinski definition) is 6. The first-order chi connectivity index (χ1) is 20.4. The van der Waals surface area contributed by atoms with Gasteiger partial charge in [-0.1, -0.05) is 24.3 Å². The number of imide groups is 2. The summed E-state index contributed by atoms with van der Waals surface area (Å²) in [5, 5.41) is 3.81. The molecule has 2 aliphatic heterocycles. The molecule has 0 spiro atoms. The fourth-order valence-electron chi connectivity index (χ4n) is 5.53. The van der Waals surface area contributed by atoms with E-state index in [0.29, 0.717) is 24.5 Å². The van der Waals surface area contributed by atoms with Crippen LogP contribution in [0.1, 0.15) is 24.0 Å². The van der Waals surface area contributed by atoms with Crippen LogP contribution in [0.4, 0.5) is 11.4 Å². The first-order valence-electron chi connectivity index (χ1n) is 14.1. The van der Waals surface area contributed by atoms with Crippen LogP contribution in [0.15, 0.2) is 72.8 Å². The van der Waals surface area contributed by atoms with Crippen LogP contribution in [-0.2, 0) is 32.0 Å². The second-order valence-corrected chi connectivity index (χ2v) is 10.5. The summed E-state index contributed by atoms with van der Waals surface area (Å²) in [5.41, 5.74) is 3.05. The summed E-state index contributed by atoms with van der Waals surface area (Å²) >= 11 is 0. The molecule has 0 radical (unpaired) electrons. The number of nitrogens with two attached hydrogens (primary N) is 2. The van der Waals surface area contributed by atoms with Gasteiger partial charge in [-0.05, 0) is 59.7 Å². The minimum atomic E-state index is -0.488. The van der Waals surface area contributed by atoms with Gasteiger partial charge in [0.25, 0.3) is 11.8 Å². The minimum absolute atomic E-state index is 0.120. The van der Waals surface area contributed by atoms with Gasteiger partial charge in [0.15, 0.2) is 12.1 Å². The van der Waals surface area contributed by atoms with Crippen molar-refractivity contribution in [1.82, 2.24) is 0 Å². The number of amides is 4. The normalized spacial score (nSPS) is 18.7. The maximum atomic E-state index is 13.1. The standard InChI is InChI=1S/C32H34N4O6/c1-41-25-7-3-5-21(17-25)13-15-33-27-19-29(37)35(31(27)39)23-9-11-24(12-10-23)36-30(38)20-28(32(36)40)34-16-14-22-6-4-8-26(18-22)42-2/h3-12,17-18,27-28,33-34H,13-16,19-20H2,1-2H3/p+2/t27-,28-/m1/s1. The number of rotatable bonds is 12. The van der Waals surface area contributed by atoms with E-state index in [-0.39, 0.29) is 36.5 Å². The van der Waals surface area contributed by atoms with E-state index < -0.39 is 12.1 Å². The van der Waals surface area contributed by atoms with E-state index in [1.54, 1.807) is 38.5 Å². The highest BCUT2D eigenvalue weighted by molar-refractivity contribution is 6.23. The summed E-state index contributed by atoms with van der Waals surface area (Å²) in [4.78, 5) is 54.2. The van der Waals surface area contributed by atoms with Crippen LogP contribution in [-0.4, -0.2) is 63.0 Å². The van der Waals surface area contributed by atoms with E-state index in [1.165, 1.54) is 9.80 Å². The van der Waals surface area contributed by atoms with Crippen LogP contribution in [0.5, 0.6) is 11.5 Å². The lowest BCUT2D eigenvalue weighted by atomic mass is 10.1. The molecule has 10 nitrogen and oxygen atoms in total. The van der Waals surface area contributed by atoms with Gasteiger partial charge in [0, 0.05) is 12.8 Å². The van der Waals surface area contributed by atoms with Crippen molar-refractivity contribution >= 4 is 35.0 Å². The van der Waals surface area contributed by atoms with Crippen molar-refractivity contribution < 1.29 is 39.3 Å². The number of quaternary nitrogens is 2. The second-order valence-electron chi connectivity index (χ2n) is 10.5. The third-order valence-corrected chi connectivity index (χ3v) is 7.77. The third kappa shape index (κ3) is 6.35. The van der Waals surface area contributed by atoms with E-state index in [0.717, 1.165) is 35.5 Å². The Morgan fingerprint density at radius 3 is 1.43 bits per heavy atom. The van der Waals surface area contributed by atoms with Gasteiger partial charge in [-0.2, -0.15) is 0 Å². The molecule has 218 valence electrons. The van der Waals surface area contributed by atoms with Gasteiger partial charge in [-0.25, -0.2) is 9.80 Å². The molecule has 4 amide bonds. The zero-order valence-electron chi connectivity index (χ0n) is 23.8. The number of methoxy groups -OCH3 is 2. The summed E-state index contributed by atoms with van der Waals surface area (Å²) in [7, 11) is 3.25. The molecule has 2 atom stereocenters. The van der Waals surface area contributed by atoms with Crippen LogP contribution >= 0.6 is 0 Å². The van der Waals surface area contributed by atoms with Crippen molar-refractivity contribution in [2.24, 2.45) is 0 Å². The molecule has 2 saturated heterocycles. The second kappa shape index (κ2) is 13.0. The molecule has 3 aromatic carbocycles. The van der Waals surface area contributed by atoms with Gasteiger partial charge < -0.3 is 20.1 Å². The largest absolute Gasteiger partial charge is 0.497 e.